The van der Waals surface area contributed by atoms with Crippen LogP contribution in [0.1, 0.15) is 41.0 Å². The van der Waals surface area contributed by atoms with Gasteiger partial charge in [0.2, 0.25) is 0 Å². The van der Waals surface area contributed by atoms with E-state index in [0.717, 1.165) is 0 Å². The topological polar surface area (TPSA) is 60.8 Å². The molecule has 0 unspecified atom stereocenters. The molecule has 0 aliphatic rings. The van der Waals surface area contributed by atoms with Crippen LogP contribution in [0.4, 0.5) is 4.79 Å². The molecule has 84 valence electrons. The summed E-state index contributed by atoms with van der Waals surface area (Å²) in [6.07, 6.45) is -0.400. The molecule has 0 aromatic rings. The maximum Gasteiger partial charge on any atom is 0.408 e. The van der Waals surface area contributed by atoms with Gasteiger partial charge in [0.25, 0.3) is 0 Å². The number of hydrogen-bond donors (Lipinski definition) is 2. The highest BCUT2D eigenvalue weighted by Crippen LogP contribution is 2.27. The second-order valence-corrected chi connectivity index (χ2v) is 4.80. The van der Waals surface area contributed by atoms with Gasteiger partial charge in [-0.25, -0.2) is 4.79 Å². The Hall–Kier alpha value is -0.770. The molecule has 0 saturated heterocycles. The summed E-state index contributed by atoms with van der Waals surface area (Å²) < 4.78 is 0. The molecule has 0 aromatic carbocycles. The van der Waals surface area contributed by atoms with Gasteiger partial charge in [-0.05, 0) is 34.1 Å². The molecular weight excluding hydrogens is 182 g/mol. The Morgan fingerprint density at radius 3 is 1.79 bits per heavy atom. The van der Waals surface area contributed by atoms with E-state index in [0.29, 0.717) is 6.42 Å². The van der Waals surface area contributed by atoms with Crippen LogP contribution < -0.4 is 0 Å². The van der Waals surface area contributed by atoms with Crippen LogP contribution in [-0.2, 0) is 0 Å². The monoisotopic (exact) mass is 203 g/mol. The average Bonchev–Trinajstić information content (AvgIpc) is 2.00. The van der Waals surface area contributed by atoms with Gasteiger partial charge in [-0.1, -0.05) is 6.92 Å². The number of nitrogens with zero attached hydrogens (tertiary/aromatic N) is 1. The van der Waals surface area contributed by atoms with Gasteiger partial charge in [-0.15, -0.1) is 0 Å². The number of rotatable bonds is 3. The van der Waals surface area contributed by atoms with Crippen LogP contribution >= 0.6 is 0 Å². The molecule has 0 fully saturated rings. The molecular formula is C10H21NO3. The third-order valence-corrected chi connectivity index (χ3v) is 2.50. The molecule has 0 heterocycles. The predicted octanol–water partition coefficient (Wildman–Crippen LogP) is 1.93. The zero-order chi connectivity index (χ0) is 11.6. The third-order valence-electron chi connectivity index (χ3n) is 2.50. The number of amides is 1. The lowest BCUT2D eigenvalue weighted by molar-refractivity contribution is -0.00831. The minimum atomic E-state index is -0.990. The number of aliphatic hydroxyl groups excluding tert-OH is 1. The summed E-state index contributed by atoms with van der Waals surface area (Å²) in [4.78, 5) is 12.4. The first-order chi connectivity index (χ1) is 6.19. The molecule has 0 spiro atoms. The molecule has 0 radical (unpaired) electrons. The first-order valence-corrected chi connectivity index (χ1v) is 4.83. The minimum absolute atomic E-state index is 0.160. The fourth-order valence-corrected chi connectivity index (χ4v) is 1.67. The largest absolute Gasteiger partial charge is 0.465 e. The maximum absolute atomic E-state index is 11.1. The molecule has 1 amide bonds. The zero-order valence-corrected chi connectivity index (χ0v) is 9.66. The molecule has 0 aliphatic carbocycles. The van der Waals surface area contributed by atoms with E-state index in [2.05, 4.69) is 0 Å². The van der Waals surface area contributed by atoms with Crippen molar-refractivity contribution in [3.05, 3.63) is 0 Å². The summed E-state index contributed by atoms with van der Waals surface area (Å²) >= 11 is 0. The quantitative estimate of drug-likeness (QED) is 0.736. The Bertz CT molecular complexity index is 204. The molecule has 0 aliphatic heterocycles. The molecule has 14 heavy (non-hydrogen) atoms. The van der Waals surface area contributed by atoms with Crippen LogP contribution in [0.3, 0.4) is 0 Å². The van der Waals surface area contributed by atoms with E-state index in [1.807, 2.05) is 27.7 Å². The van der Waals surface area contributed by atoms with Gasteiger partial charge < -0.3 is 10.2 Å². The van der Waals surface area contributed by atoms with E-state index < -0.39 is 17.2 Å². The summed E-state index contributed by atoms with van der Waals surface area (Å²) in [5.41, 5.74) is -1.20. The first-order valence-electron chi connectivity index (χ1n) is 4.83. The van der Waals surface area contributed by atoms with Gasteiger partial charge in [0.05, 0.1) is 12.1 Å². The number of hydrogen-bond acceptors (Lipinski definition) is 2. The normalized spacial score (nSPS) is 16.1. The Morgan fingerprint density at radius 2 is 1.71 bits per heavy atom. The Labute approximate surface area is 85.5 Å². The van der Waals surface area contributed by atoms with Crippen molar-refractivity contribution in [3.8, 4) is 0 Å². The lowest BCUT2D eigenvalue weighted by atomic mass is 9.91. The van der Waals surface area contributed by atoms with E-state index in [9.17, 15) is 9.90 Å². The maximum atomic E-state index is 11.1. The highest BCUT2D eigenvalue weighted by molar-refractivity contribution is 5.67. The van der Waals surface area contributed by atoms with Crippen LogP contribution in [0.5, 0.6) is 0 Å². The van der Waals surface area contributed by atoms with E-state index in [-0.39, 0.29) is 6.61 Å². The summed E-state index contributed by atoms with van der Waals surface area (Å²) in [7, 11) is 0. The second kappa shape index (κ2) is 4.17. The number of carboxylic acid groups (broad SMARTS) is 1. The highest BCUT2D eigenvalue weighted by atomic mass is 16.4. The molecule has 0 rings (SSSR count). The second-order valence-electron chi connectivity index (χ2n) is 4.80. The van der Waals surface area contributed by atoms with Crippen molar-refractivity contribution in [1.29, 1.82) is 0 Å². The smallest absolute Gasteiger partial charge is 0.408 e. The van der Waals surface area contributed by atoms with Gasteiger partial charge in [0, 0.05) is 5.54 Å². The first kappa shape index (κ1) is 13.2. The van der Waals surface area contributed by atoms with Crippen molar-refractivity contribution >= 4 is 6.09 Å². The third kappa shape index (κ3) is 2.61. The summed E-state index contributed by atoms with van der Waals surface area (Å²) in [5.74, 6) is 0. The summed E-state index contributed by atoms with van der Waals surface area (Å²) in [5, 5.41) is 18.4. The average molecular weight is 203 g/mol. The molecule has 4 nitrogen and oxygen atoms in total. The molecule has 4 heteroatoms. The van der Waals surface area contributed by atoms with E-state index in [1.54, 1.807) is 6.92 Å². The number of carbonyl (C=O) groups is 1. The van der Waals surface area contributed by atoms with Crippen LogP contribution in [0, 0.1) is 0 Å². The number of aliphatic hydroxyl groups is 1. The lowest BCUT2D eigenvalue weighted by Crippen LogP contribution is -2.59. The highest BCUT2D eigenvalue weighted by Gasteiger charge is 2.40. The van der Waals surface area contributed by atoms with Crippen LogP contribution in [-0.4, -0.2) is 38.9 Å². The van der Waals surface area contributed by atoms with Crippen molar-refractivity contribution < 1.29 is 15.0 Å². The van der Waals surface area contributed by atoms with Crippen molar-refractivity contribution in [2.45, 2.75) is 52.1 Å². The van der Waals surface area contributed by atoms with Crippen molar-refractivity contribution in [2.75, 3.05) is 6.61 Å². The van der Waals surface area contributed by atoms with E-state index >= 15 is 0 Å². The Kier molecular flexibility index (Phi) is 3.94. The standard InChI is InChI=1S/C10H21NO3/c1-6-10(5,7-12)11(8(13)14)9(2,3)4/h12H,6-7H2,1-5H3,(H,13,14)/t10-/m1/s1. The van der Waals surface area contributed by atoms with Gasteiger partial charge >= 0.3 is 6.09 Å². The van der Waals surface area contributed by atoms with Crippen LogP contribution in [0.2, 0.25) is 0 Å². The van der Waals surface area contributed by atoms with Crippen molar-refractivity contribution in [2.24, 2.45) is 0 Å². The summed E-state index contributed by atoms with van der Waals surface area (Å²) in [6, 6.07) is 0. The molecule has 0 saturated carbocycles. The van der Waals surface area contributed by atoms with Crippen molar-refractivity contribution in [1.82, 2.24) is 4.90 Å². The van der Waals surface area contributed by atoms with Gasteiger partial charge in [0.15, 0.2) is 0 Å². The fourth-order valence-electron chi connectivity index (χ4n) is 1.67. The lowest BCUT2D eigenvalue weighted by Gasteiger charge is -2.45. The van der Waals surface area contributed by atoms with Crippen LogP contribution in [0.25, 0.3) is 0 Å². The molecule has 0 aromatic heterocycles. The van der Waals surface area contributed by atoms with Crippen LogP contribution in [0.15, 0.2) is 0 Å². The van der Waals surface area contributed by atoms with Crippen molar-refractivity contribution in [3.63, 3.8) is 0 Å². The fraction of sp³-hybridized carbons (Fsp3) is 0.900. The summed E-state index contributed by atoms with van der Waals surface area (Å²) in [6.45, 7) is 8.94. The van der Waals surface area contributed by atoms with E-state index in [4.69, 9.17) is 5.11 Å². The van der Waals surface area contributed by atoms with E-state index in [1.165, 1.54) is 4.90 Å². The molecule has 2 N–H and O–H groups in total. The van der Waals surface area contributed by atoms with Gasteiger partial charge in [0.1, 0.15) is 0 Å². The molecule has 1 atom stereocenters. The Morgan fingerprint density at radius 1 is 1.29 bits per heavy atom. The van der Waals surface area contributed by atoms with Gasteiger partial charge in [-0.3, -0.25) is 4.90 Å². The predicted molar refractivity (Wildman–Crippen MR) is 55.4 cm³/mol. The molecule has 0 bridgehead atoms. The zero-order valence-electron chi connectivity index (χ0n) is 9.66. The van der Waals surface area contributed by atoms with Gasteiger partial charge in [-0.2, -0.15) is 0 Å². The minimum Gasteiger partial charge on any atom is -0.465 e. The SMILES string of the molecule is CC[C@](C)(CO)N(C(=O)O)C(C)(C)C. The Balaban J connectivity index is 5.10.